The minimum atomic E-state index is -3.75. The van der Waals surface area contributed by atoms with Crippen molar-refractivity contribution in [2.45, 2.75) is 38.6 Å². The summed E-state index contributed by atoms with van der Waals surface area (Å²) in [6.07, 6.45) is 4.91. The van der Waals surface area contributed by atoms with Crippen LogP contribution in [0.1, 0.15) is 30.3 Å². The van der Waals surface area contributed by atoms with Crippen LogP contribution in [0.15, 0.2) is 41.4 Å². The van der Waals surface area contributed by atoms with Crippen LogP contribution in [0.5, 0.6) is 0 Å². The number of para-hydroxylation sites is 1. The smallest absolute Gasteiger partial charge is 0.271 e. The lowest BCUT2D eigenvalue weighted by Gasteiger charge is -2.21. The fraction of sp³-hybridized carbons (Fsp3) is 0.381. The molecule has 0 fully saturated rings. The van der Waals surface area contributed by atoms with Crippen LogP contribution in [0.3, 0.4) is 0 Å². The minimum absolute atomic E-state index is 0.305. The highest BCUT2D eigenvalue weighted by Crippen LogP contribution is 2.34. The molecule has 0 unspecified atom stereocenters. The van der Waals surface area contributed by atoms with Gasteiger partial charge in [0.1, 0.15) is 4.90 Å². The summed E-state index contributed by atoms with van der Waals surface area (Å²) < 4.78 is 30.5. The maximum Gasteiger partial charge on any atom is 0.271 e. The first-order chi connectivity index (χ1) is 13.3. The van der Waals surface area contributed by atoms with Crippen molar-refractivity contribution in [1.82, 2.24) is 18.7 Å². The zero-order valence-electron chi connectivity index (χ0n) is 16.8. The highest BCUT2D eigenvalue weighted by atomic mass is 32.2. The number of rotatable bonds is 4. The Balaban J connectivity index is 1.94. The number of likely N-dealkylation sites (N-methyl/N-ethyl adjacent to an activating group) is 1. The summed E-state index contributed by atoms with van der Waals surface area (Å²) in [7, 11) is -1.65. The lowest BCUT2D eigenvalue weighted by Crippen LogP contribution is -2.23. The molecule has 1 aliphatic heterocycles. The van der Waals surface area contributed by atoms with Crippen LogP contribution in [0.2, 0.25) is 0 Å². The molecule has 3 aromatic rings. The third kappa shape index (κ3) is 2.89. The molecule has 0 atom stereocenters. The van der Waals surface area contributed by atoms with Crippen molar-refractivity contribution in [2.75, 3.05) is 20.1 Å². The summed E-state index contributed by atoms with van der Waals surface area (Å²) in [5.41, 5.74) is 4.14. The predicted octanol–water partition coefficient (Wildman–Crippen LogP) is 3.43. The van der Waals surface area contributed by atoms with Crippen LogP contribution >= 0.6 is 0 Å². The van der Waals surface area contributed by atoms with Crippen LogP contribution in [0.4, 0.5) is 0 Å². The average Bonchev–Trinajstić information content (AvgIpc) is 3.20. The van der Waals surface area contributed by atoms with Gasteiger partial charge in [-0.15, -0.1) is 0 Å². The van der Waals surface area contributed by atoms with Gasteiger partial charge in [0.15, 0.2) is 0 Å². The van der Waals surface area contributed by atoms with Gasteiger partial charge in [0, 0.05) is 36.8 Å². The number of fused-ring (bicyclic) bond motifs is 1. The Bertz CT molecular complexity index is 1180. The maximum absolute atomic E-state index is 13.6. The summed E-state index contributed by atoms with van der Waals surface area (Å²) in [6, 6.07) is 7.73. The molecule has 1 aliphatic rings. The van der Waals surface area contributed by atoms with Crippen molar-refractivity contribution in [2.24, 2.45) is 0 Å². The Hall–Kier alpha value is -2.38. The zero-order chi connectivity index (χ0) is 20.1. The average molecular weight is 399 g/mol. The quantitative estimate of drug-likeness (QED) is 0.676. The lowest BCUT2D eigenvalue weighted by atomic mass is 9.99. The molecule has 2 aromatic heterocycles. The number of nitrogens with zero attached hydrogens (tertiary/aromatic N) is 4. The summed E-state index contributed by atoms with van der Waals surface area (Å²) in [5.74, 6) is 0. The summed E-state index contributed by atoms with van der Waals surface area (Å²) in [4.78, 5) is 2.56. The van der Waals surface area contributed by atoms with Crippen molar-refractivity contribution in [3.05, 3.63) is 53.5 Å². The molecule has 0 radical (unpaired) electrons. The van der Waals surface area contributed by atoms with Crippen molar-refractivity contribution >= 4 is 26.5 Å². The fourth-order valence-electron chi connectivity index (χ4n) is 4.08. The molecular weight excluding hydrogens is 372 g/mol. The number of aromatic nitrogens is 3. The molecule has 0 bridgehead atoms. The van der Waals surface area contributed by atoms with Gasteiger partial charge in [0.05, 0.1) is 16.9 Å². The van der Waals surface area contributed by atoms with E-state index in [2.05, 4.69) is 23.1 Å². The molecule has 0 spiro atoms. The lowest BCUT2D eigenvalue weighted by molar-refractivity contribution is 0.370. The molecule has 3 heterocycles. The Morgan fingerprint density at radius 3 is 2.57 bits per heavy atom. The van der Waals surface area contributed by atoms with Crippen molar-refractivity contribution in [3.8, 4) is 0 Å². The first-order valence-corrected chi connectivity index (χ1v) is 11.1. The third-order valence-electron chi connectivity index (χ3n) is 5.57. The van der Waals surface area contributed by atoms with Crippen LogP contribution in [0, 0.1) is 13.8 Å². The Labute approximate surface area is 166 Å². The minimum Gasteiger partial charge on any atom is -0.302 e. The Morgan fingerprint density at radius 2 is 1.93 bits per heavy atom. The molecule has 148 valence electrons. The zero-order valence-corrected chi connectivity index (χ0v) is 17.6. The van der Waals surface area contributed by atoms with Crippen molar-refractivity contribution in [1.29, 1.82) is 0 Å². The highest BCUT2D eigenvalue weighted by molar-refractivity contribution is 7.90. The van der Waals surface area contributed by atoms with Gasteiger partial charge in [-0.3, -0.25) is 4.68 Å². The van der Waals surface area contributed by atoms with Crippen molar-refractivity contribution in [3.63, 3.8) is 0 Å². The van der Waals surface area contributed by atoms with Gasteiger partial charge in [-0.2, -0.15) is 5.10 Å². The molecule has 0 aliphatic carbocycles. The molecule has 0 saturated heterocycles. The van der Waals surface area contributed by atoms with Crippen LogP contribution in [-0.4, -0.2) is 47.2 Å². The summed E-state index contributed by atoms with van der Waals surface area (Å²) in [5, 5.41) is 5.39. The van der Waals surface area contributed by atoms with Gasteiger partial charge in [0.25, 0.3) is 10.0 Å². The number of benzene rings is 1. The van der Waals surface area contributed by atoms with Crippen LogP contribution in [0.25, 0.3) is 16.5 Å². The van der Waals surface area contributed by atoms with E-state index >= 15 is 0 Å². The molecule has 0 N–H and O–H groups in total. The third-order valence-corrected chi connectivity index (χ3v) is 7.49. The van der Waals surface area contributed by atoms with E-state index in [9.17, 15) is 8.42 Å². The first-order valence-electron chi connectivity index (χ1n) is 9.62. The van der Waals surface area contributed by atoms with Gasteiger partial charge in [-0.05, 0) is 45.9 Å². The van der Waals surface area contributed by atoms with E-state index in [1.165, 1.54) is 9.55 Å². The summed E-state index contributed by atoms with van der Waals surface area (Å²) in [6.45, 7) is 8.04. The molecule has 6 nitrogen and oxygen atoms in total. The van der Waals surface area contributed by atoms with Crippen molar-refractivity contribution < 1.29 is 8.42 Å². The number of hydrogen-bond acceptors (Lipinski definition) is 4. The van der Waals surface area contributed by atoms with E-state index < -0.39 is 10.0 Å². The van der Waals surface area contributed by atoms with Gasteiger partial charge < -0.3 is 4.90 Å². The normalized spacial score (nSPS) is 15.9. The number of aryl methyl sites for hydroxylation is 2. The van der Waals surface area contributed by atoms with E-state index in [4.69, 9.17) is 0 Å². The second-order valence-corrected chi connectivity index (χ2v) is 9.17. The first kappa shape index (κ1) is 19.0. The standard InChI is InChI=1S/C21H26N4O2S/c1-5-24-16(3)21(15(2)22-24)28(26,27)25-14-19(17-10-12-23(4)13-11-17)18-8-6-7-9-20(18)25/h6-10,14H,5,11-13H2,1-4H3. The molecule has 7 heteroatoms. The van der Waals surface area contributed by atoms with Gasteiger partial charge in [-0.1, -0.05) is 24.3 Å². The SMILES string of the molecule is CCn1nc(C)c(S(=O)(=O)n2cc(C3=CCN(C)CC3)c3ccccc32)c1C. The summed E-state index contributed by atoms with van der Waals surface area (Å²) >= 11 is 0. The van der Waals surface area contributed by atoms with Gasteiger partial charge in [0.2, 0.25) is 0 Å². The monoisotopic (exact) mass is 398 g/mol. The van der Waals surface area contributed by atoms with E-state index in [0.29, 0.717) is 28.3 Å². The van der Waals surface area contributed by atoms with Crippen LogP contribution < -0.4 is 0 Å². The Kier molecular flexibility index (Phi) is 4.67. The molecule has 0 amide bonds. The fourth-order valence-corrected chi connectivity index (χ4v) is 5.83. The molecular formula is C21H26N4O2S. The Morgan fingerprint density at radius 1 is 1.18 bits per heavy atom. The molecule has 1 aromatic carbocycles. The van der Waals surface area contributed by atoms with E-state index in [0.717, 1.165) is 30.5 Å². The maximum atomic E-state index is 13.6. The molecule has 0 saturated carbocycles. The van der Waals surface area contributed by atoms with Crippen LogP contribution in [-0.2, 0) is 16.6 Å². The predicted molar refractivity (Wildman–Crippen MR) is 112 cm³/mol. The topological polar surface area (TPSA) is 60.1 Å². The van der Waals surface area contributed by atoms with E-state index in [1.54, 1.807) is 17.8 Å². The number of hydrogen-bond donors (Lipinski definition) is 0. The van der Waals surface area contributed by atoms with Gasteiger partial charge in [-0.25, -0.2) is 12.4 Å². The second kappa shape index (κ2) is 6.90. The second-order valence-electron chi connectivity index (χ2n) is 7.42. The highest BCUT2D eigenvalue weighted by Gasteiger charge is 2.28. The van der Waals surface area contributed by atoms with E-state index in [-0.39, 0.29) is 0 Å². The van der Waals surface area contributed by atoms with Gasteiger partial charge >= 0.3 is 0 Å². The largest absolute Gasteiger partial charge is 0.302 e. The molecule has 28 heavy (non-hydrogen) atoms. The molecule has 4 rings (SSSR count). The van der Waals surface area contributed by atoms with E-state index in [1.807, 2.05) is 38.1 Å².